The molecule has 0 aliphatic rings. The van der Waals surface area contributed by atoms with Gasteiger partial charge in [0.25, 0.3) is 0 Å². The lowest BCUT2D eigenvalue weighted by Crippen LogP contribution is -2.11. The van der Waals surface area contributed by atoms with E-state index in [4.69, 9.17) is 33.9 Å². The van der Waals surface area contributed by atoms with Crippen LogP contribution in [0, 0.1) is 0 Å². The highest BCUT2D eigenvalue weighted by Crippen LogP contribution is 2.01. The lowest BCUT2D eigenvalue weighted by atomic mass is 10.1. The summed E-state index contributed by atoms with van der Waals surface area (Å²) in [5, 5.41) is 0. The van der Waals surface area contributed by atoms with Gasteiger partial charge in [-0.3, -0.25) is 9.59 Å². The zero-order chi connectivity index (χ0) is 13.3. The van der Waals surface area contributed by atoms with E-state index in [1.807, 2.05) is 0 Å². The molecule has 0 aliphatic heterocycles. The Labute approximate surface area is 112 Å². The van der Waals surface area contributed by atoms with Crippen molar-refractivity contribution in [3.8, 4) is 0 Å². The molecular weight excluding hydrogens is 260 g/mol. The number of carbonyl (C=O) groups excluding carboxylic acids is 2. The van der Waals surface area contributed by atoms with Gasteiger partial charge >= 0.3 is 11.9 Å². The standard InChI is InChI=1S/C11H16O4S2/c1-8(12)14-5-3-10(16)7-11(17)4-6-15-9(2)13/h3-7H2,1-2H3. The largest absolute Gasteiger partial charge is 0.466 e. The molecule has 0 aliphatic carbocycles. The molecule has 0 heterocycles. The third-order valence-electron chi connectivity index (χ3n) is 1.77. The van der Waals surface area contributed by atoms with Gasteiger partial charge in [-0.25, -0.2) is 0 Å². The van der Waals surface area contributed by atoms with Gasteiger partial charge < -0.3 is 9.47 Å². The zero-order valence-electron chi connectivity index (χ0n) is 9.99. The zero-order valence-corrected chi connectivity index (χ0v) is 11.6. The fourth-order valence-corrected chi connectivity index (χ4v) is 1.62. The van der Waals surface area contributed by atoms with Crippen LogP contribution in [0.15, 0.2) is 0 Å². The average Bonchev–Trinajstić information content (AvgIpc) is 2.15. The molecule has 4 nitrogen and oxygen atoms in total. The first-order chi connectivity index (χ1) is 7.91. The quantitative estimate of drug-likeness (QED) is 0.499. The first-order valence-electron chi connectivity index (χ1n) is 5.22. The Balaban J connectivity index is 3.62. The first kappa shape index (κ1) is 16.1. The van der Waals surface area contributed by atoms with Crippen LogP contribution in [0.3, 0.4) is 0 Å². The van der Waals surface area contributed by atoms with Gasteiger partial charge in [0.05, 0.1) is 13.2 Å². The molecule has 0 aromatic heterocycles. The van der Waals surface area contributed by atoms with E-state index in [9.17, 15) is 9.59 Å². The normalized spacial score (nSPS) is 9.53. The lowest BCUT2D eigenvalue weighted by Gasteiger charge is -2.06. The predicted octanol–water partition coefficient (Wildman–Crippen LogP) is 2.02. The first-order valence-corrected chi connectivity index (χ1v) is 6.03. The maximum atomic E-state index is 10.5. The Morgan fingerprint density at radius 2 is 1.24 bits per heavy atom. The van der Waals surface area contributed by atoms with Gasteiger partial charge in [0.1, 0.15) is 0 Å². The highest BCUT2D eigenvalue weighted by molar-refractivity contribution is 7.82. The fraction of sp³-hybridized carbons (Fsp3) is 0.636. The van der Waals surface area contributed by atoms with Crippen LogP contribution in [-0.4, -0.2) is 34.9 Å². The Hall–Kier alpha value is -0.880. The summed E-state index contributed by atoms with van der Waals surface area (Å²) in [5.41, 5.74) is 0. The minimum absolute atomic E-state index is 0.292. The average molecular weight is 276 g/mol. The van der Waals surface area contributed by atoms with Crippen LogP contribution in [0.1, 0.15) is 33.1 Å². The van der Waals surface area contributed by atoms with Crippen LogP contribution in [0.2, 0.25) is 0 Å². The summed E-state index contributed by atoms with van der Waals surface area (Å²) in [4.78, 5) is 22.5. The van der Waals surface area contributed by atoms with Crippen LogP contribution in [0.5, 0.6) is 0 Å². The second kappa shape index (κ2) is 9.18. The molecule has 0 radical (unpaired) electrons. The molecule has 17 heavy (non-hydrogen) atoms. The fourth-order valence-electron chi connectivity index (χ4n) is 1.01. The molecule has 0 bridgehead atoms. The van der Waals surface area contributed by atoms with Crippen LogP contribution in [0.25, 0.3) is 0 Å². The van der Waals surface area contributed by atoms with E-state index in [-0.39, 0.29) is 11.9 Å². The van der Waals surface area contributed by atoms with E-state index in [1.54, 1.807) is 0 Å². The van der Waals surface area contributed by atoms with Gasteiger partial charge in [0.15, 0.2) is 0 Å². The monoisotopic (exact) mass is 276 g/mol. The van der Waals surface area contributed by atoms with Crippen molar-refractivity contribution < 1.29 is 19.1 Å². The molecular formula is C11H16O4S2. The number of ether oxygens (including phenoxy) is 2. The Morgan fingerprint density at radius 3 is 1.53 bits per heavy atom. The van der Waals surface area contributed by atoms with Gasteiger partial charge in [-0.1, -0.05) is 24.4 Å². The second-order valence-corrected chi connectivity index (χ2v) is 4.59. The van der Waals surface area contributed by atoms with E-state index in [0.717, 1.165) is 9.73 Å². The van der Waals surface area contributed by atoms with Gasteiger partial charge in [-0.2, -0.15) is 0 Å². The van der Waals surface area contributed by atoms with E-state index in [0.29, 0.717) is 32.5 Å². The smallest absolute Gasteiger partial charge is 0.302 e. The number of hydrogen-bond acceptors (Lipinski definition) is 6. The molecule has 0 saturated carbocycles. The van der Waals surface area contributed by atoms with E-state index >= 15 is 0 Å². The molecule has 0 fully saturated rings. The summed E-state index contributed by atoms with van der Waals surface area (Å²) in [5.74, 6) is -0.629. The summed E-state index contributed by atoms with van der Waals surface area (Å²) in [6, 6.07) is 0. The van der Waals surface area contributed by atoms with E-state index in [1.165, 1.54) is 13.8 Å². The molecule has 6 heteroatoms. The number of esters is 2. The molecule has 0 spiro atoms. The Kier molecular flexibility index (Phi) is 8.71. The molecule has 0 N–H and O–H groups in total. The van der Waals surface area contributed by atoms with Crippen molar-refractivity contribution in [2.45, 2.75) is 33.1 Å². The second-order valence-electron chi connectivity index (χ2n) is 3.43. The van der Waals surface area contributed by atoms with Crippen molar-refractivity contribution in [2.75, 3.05) is 13.2 Å². The summed E-state index contributed by atoms with van der Waals surface area (Å²) in [6.07, 6.45) is 1.58. The van der Waals surface area contributed by atoms with E-state index < -0.39 is 0 Å². The van der Waals surface area contributed by atoms with Gasteiger partial charge in [-0.15, -0.1) is 0 Å². The van der Waals surface area contributed by atoms with Gasteiger partial charge in [0, 0.05) is 42.8 Å². The van der Waals surface area contributed by atoms with Crippen LogP contribution in [-0.2, 0) is 19.1 Å². The summed E-state index contributed by atoms with van der Waals surface area (Å²) < 4.78 is 9.54. The van der Waals surface area contributed by atoms with Crippen molar-refractivity contribution in [3.63, 3.8) is 0 Å². The topological polar surface area (TPSA) is 52.6 Å². The maximum Gasteiger partial charge on any atom is 0.302 e. The molecule has 0 rings (SSSR count). The molecule has 0 amide bonds. The number of carbonyl (C=O) groups is 2. The van der Waals surface area contributed by atoms with Crippen molar-refractivity contribution in [2.24, 2.45) is 0 Å². The SMILES string of the molecule is CC(=O)OCCC(=S)CC(=S)CCOC(C)=O. The lowest BCUT2D eigenvalue weighted by molar-refractivity contribution is -0.141. The maximum absolute atomic E-state index is 10.5. The molecule has 0 atom stereocenters. The highest BCUT2D eigenvalue weighted by atomic mass is 32.1. The molecule has 96 valence electrons. The number of hydrogen-bond donors (Lipinski definition) is 0. The van der Waals surface area contributed by atoms with Crippen molar-refractivity contribution in [1.82, 2.24) is 0 Å². The summed E-state index contributed by atoms with van der Waals surface area (Å²) in [7, 11) is 0. The third kappa shape index (κ3) is 11.4. The van der Waals surface area contributed by atoms with Crippen LogP contribution >= 0.6 is 24.4 Å². The molecule has 0 unspecified atom stereocenters. The molecule has 0 aromatic rings. The van der Waals surface area contributed by atoms with Crippen molar-refractivity contribution >= 4 is 46.1 Å². The Bertz CT molecular complexity index is 283. The molecule has 0 aromatic carbocycles. The van der Waals surface area contributed by atoms with Crippen molar-refractivity contribution in [3.05, 3.63) is 0 Å². The number of rotatable bonds is 8. The third-order valence-corrected chi connectivity index (χ3v) is 2.46. The Morgan fingerprint density at radius 1 is 0.882 bits per heavy atom. The van der Waals surface area contributed by atoms with E-state index in [2.05, 4.69) is 0 Å². The number of thiocarbonyl (C=S) groups is 2. The van der Waals surface area contributed by atoms with Gasteiger partial charge in [-0.05, 0) is 0 Å². The van der Waals surface area contributed by atoms with Crippen LogP contribution in [0.4, 0.5) is 0 Å². The van der Waals surface area contributed by atoms with Crippen molar-refractivity contribution in [1.29, 1.82) is 0 Å². The van der Waals surface area contributed by atoms with Crippen LogP contribution < -0.4 is 0 Å². The van der Waals surface area contributed by atoms with Gasteiger partial charge in [0.2, 0.25) is 0 Å². The summed E-state index contributed by atoms with van der Waals surface area (Å²) in [6.45, 7) is 3.29. The summed E-state index contributed by atoms with van der Waals surface area (Å²) >= 11 is 10.2. The minimum atomic E-state index is -0.315. The highest BCUT2D eigenvalue weighted by Gasteiger charge is 2.04. The minimum Gasteiger partial charge on any atom is -0.466 e. The predicted molar refractivity (Wildman–Crippen MR) is 72.3 cm³/mol. The molecule has 0 saturated heterocycles.